The summed E-state index contributed by atoms with van der Waals surface area (Å²) < 4.78 is 27.6. The molecule has 0 spiro atoms. The molecule has 0 saturated carbocycles. The Hall–Kier alpha value is -2.77. The quantitative estimate of drug-likeness (QED) is 0.690. The van der Waals surface area contributed by atoms with E-state index < -0.39 is 10.0 Å². The lowest BCUT2D eigenvalue weighted by Crippen LogP contribution is -2.41. The van der Waals surface area contributed by atoms with Crippen molar-refractivity contribution in [2.45, 2.75) is 31.6 Å². The lowest BCUT2D eigenvalue weighted by atomic mass is 9.97. The minimum absolute atomic E-state index is 0.0630. The van der Waals surface area contributed by atoms with Crippen LogP contribution in [0.4, 0.5) is 5.69 Å². The van der Waals surface area contributed by atoms with Crippen LogP contribution in [-0.2, 0) is 14.8 Å². The molecule has 1 aromatic heterocycles. The van der Waals surface area contributed by atoms with Crippen LogP contribution in [0.2, 0.25) is 0 Å². The fraction of sp³-hybridized carbons (Fsp3) is 0.304. The van der Waals surface area contributed by atoms with Gasteiger partial charge in [0.05, 0.1) is 4.90 Å². The van der Waals surface area contributed by atoms with E-state index in [1.54, 1.807) is 18.5 Å². The Morgan fingerprint density at radius 3 is 2.53 bits per heavy atom. The standard InChI is InChI=1S/C23H25N3O3S/c1-16-3-6-22(17(2)13-16)30(28,29)26-11-8-18(9-12-26)23(27)25-21-5-4-20-15-24-10-7-19(20)14-21/h3-7,10,13-15,18H,8-9,11-12H2,1-2H3,(H,25,27). The van der Waals surface area contributed by atoms with Crippen molar-refractivity contribution in [2.75, 3.05) is 18.4 Å². The average Bonchev–Trinajstić information content (AvgIpc) is 2.73. The third-order valence-corrected chi connectivity index (χ3v) is 7.74. The second-order valence-electron chi connectivity index (χ2n) is 7.87. The summed E-state index contributed by atoms with van der Waals surface area (Å²) in [6.07, 6.45) is 4.52. The smallest absolute Gasteiger partial charge is 0.243 e. The fourth-order valence-corrected chi connectivity index (χ4v) is 5.67. The zero-order valence-corrected chi connectivity index (χ0v) is 17.9. The van der Waals surface area contributed by atoms with Crippen LogP contribution in [0.15, 0.2) is 59.8 Å². The van der Waals surface area contributed by atoms with Crippen LogP contribution in [0.3, 0.4) is 0 Å². The molecule has 1 saturated heterocycles. The summed E-state index contributed by atoms with van der Waals surface area (Å²) in [5, 5.41) is 5.00. The summed E-state index contributed by atoms with van der Waals surface area (Å²) >= 11 is 0. The SMILES string of the molecule is Cc1ccc(S(=O)(=O)N2CCC(C(=O)Nc3ccc4cnccc4c3)CC2)c(C)c1. The van der Waals surface area contributed by atoms with Gasteiger partial charge < -0.3 is 5.32 Å². The number of rotatable bonds is 4. The van der Waals surface area contributed by atoms with Gasteiger partial charge in [0, 0.05) is 42.5 Å². The first kappa shape index (κ1) is 20.5. The predicted molar refractivity (Wildman–Crippen MR) is 118 cm³/mol. The number of pyridine rings is 1. The van der Waals surface area contributed by atoms with Crippen molar-refractivity contribution < 1.29 is 13.2 Å². The van der Waals surface area contributed by atoms with Crippen LogP contribution in [0.25, 0.3) is 10.8 Å². The Bertz CT molecular complexity index is 1200. The molecule has 0 unspecified atom stereocenters. The van der Waals surface area contributed by atoms with Gasteiger partial charge in [-0.25, -0.2) is 8.42 Å². The van der Waals surface area contributed by atoms with Crippen molar-refractivity contribution in [2.24, 2.45) is 5.92 Å². The number of nitrogens with zero attached hydrogens (tertiary/aromatic N) is 2. The highest BCUT2D eigenvalue weighted by atomic mass is 32.2. The molecule has 3 aromatic rings. The van der Waals surface area contributed by atoms with Crippen LogP contribution in [0.1, 0.15) is 24.0 Å². The summed E-state index contributed by atoms with van der Waals surface area (Å²) in [5.74, 6) is -0.268. The van der Waals surface area contributed by atoms with Crippen molar-refractivity contribution >= 4 is 32.4 Å². The minimum atomic E-state index is -3.55. The normalized spacial score (nSPS) is 15.9. The van der Waals surface area contributed by atoms with Crippen molar-refractivity contribution in [1.82, 2.24) is 9.29 Å². The summed E-state index contributed by atoms with van der Waals surface area (Å²) in [7, 11) is -3.55. The number of carbonyl (C=O) groups is 1. The third-order valence-electron chi connectivity index (χ3n) is 5.68. The molecule has 7 heteroatoms. The first-order valence-corrected chi connectivity index (χ1v) is 11.5. The topological polar surface area (TPSA) is 79.4 Å². The van der Waals surface area contributed by atoms with Gasteiger partial charge >= 0.3 is 0 Å². The maximum atomic E-state index is 13.0. The summed E-state index contributed by atoms with van der Waals surface area (Å²) in [4.78, 5) is 17.2. The molecular weight excluding hydrogens is 398 g/mol. The van der Waals surface area contributed by atoms with Crippen LogP contribution in [0, 0.1) is 19.8 Å². The zero-order chi connectivity index (χ0) is 21.3. The molecule has 1 amide bonds. The van der Waals surface area contributed by atoms with E-state index in [1.165, 1.54) is 4.31 Å². The van der Waals surface area contributed by atoms with Gasteiger partial charge in [0.2, 0.25) is 15.9 Å². The third kappa shape index (κ3) is 4.08. The van der Waals surface area contributed by atoms with E-state index in [0.29, 0.717) is 30.8 Å². The molecule has 0 bridgehead atoms. The number of nitrogens with one attached hydrogen (secondary N) is 1. The van der Waals surface area contributed by atoms with Crippen LogP contribution >= 0.6 is 0 Å². The number of anilines is 1. The van der Waals surface area contributed by atoms with Crippen molar-refractivity contribution in [3.8, 4) is 0 Å². The van der Waals surface area contributed by atoms with Crippen LogP contribution < -0.4 is 5.32 Å². The van der Waals surface area contributed by atoms with E-state index in [9.17, 15) is 13.2 Å². The van der Waals surface area contributed by atoms with E-state index in [1.807, 2.05) is 50.2 Å². The molecule has 0 aliphatic carbocycles. The molecule has 2 heterocycles. The van der Waals surface area contributed by atoms with E-state index in [4.69, 9.17) is 0 Å². The van der Waals surface area contributed by atoms with Gasteiger partial charge in [-0.15, -0.1) is 0 Å². The molecule has 4 rings (SSSR count). The number of hydrogen-bond donors (Lipinski definition) is 1. The molecule has 156 valence electrons. The fourth-order valence-electron chi connectivity index (χ4n) is 3.99. The average molecular weight is 424 g/mol. The Morgan fingerprint density at radius 2 is 1.80 bits per heavy atom. The first-order chi connectivity index (χ1) is 14.3. The number of piperidine rings is 1. The van der Waals surface area contributed by atoms with Crippen LogP contribution in [0.5, 0.6) is 0 Å². The van der Waals surface area contributed by atoms with Gasteiger partial charge in [-0.2, -0.15) is 4.31 Å². The van der Waals surface area contributed by atoms with Gasteiger partial charge in [-0.3, -0.25) is 9.78 Å². The molecule has 0 radical (unpaired) electrons. The second kappa shape index (κ2) is 8.16. The van der Waals surface area contributed by atoms with Crippen molar-refractivity contribution in [1.29, 1.82) is 0 Å². The van der Waals surface area contributed by atoms with Crippen molar-refractivity contribution in [3.63, 3.8) is 0 Å². The lowest BCUT2D eigenvalue weighted by molar-refractivity contribution is -0.120. The number of aromatic nitrogens is 1. The van der Waals surface area contributed by atoms with Gasteiger partial charge in [0.1, 0.15) is 0 Å². The van der Waals surface area contributed by atoms with Gasteiger partial charge in [0.25, 0.3) is 0 Å². The minimum Gasteiger partial charge on any atom is -0.326 e. The summed E-state index contributed by atoms with van der Waals surface area (Å²) in [6, 6.07) is 13.0. The molecule has 0 atom stereocenters. The Labute approximate surface area is 177 Å². The van der Waals surface area contributed by atoms with Crippen molar-refractivity contribution in [3.05, 3.63) is 66.0 Å². The second-order valence-corrected chi connectivity index (χ2v) is 9.78. The van der Waals surface area contributed by atoms with Crippen LogP contribution in [-0.4, -0.2) is 36.7 Å². The van der Waals surface area contributed by atoms with Gasteiger partial charge in [-0.1, -0.05) is 23.8 Å². The maximum absolute atomic E-state index is 13.0. The molecular formula is C23H25N3O3S. The molecule has 1 aliphatic rings. The van der Waals surface area contributed by atoms with E-state index >= 15 is 0 Å². The molecule has 1 N–H and O–H groups in total. The monoisotopic (exact) mass is 423 g/mol. The zero-order valence-electron chi connectivity index (χ0n) is 17.1. The van der Waals surface area contributed by atoms with Gasteiger partial charge in [0.15, 0.2) is 0 Å². The van der Waals surface area contributed by atoms with E-state index in [-0.39, 0.29) is 11.8 Å². The summed E-state index contributed by atoms with van der Waals surface area (Å²) in [6.45, 7) is 4.45. The number of sulfonamides is 1. The molecule has 6 nitrogen and oxygen atoms in total. The molecule has 1 aliphatic heterocycles. The first-order valence-electron chi connectivity index (χ1n) is 10.1. The lowest BCUT2D eigenvalue weighted by Gasteiger charge is -2.31. The van der Waals surface area contributed by atoms with E-state index in [2.05, 4.69) is 10.3 Å². The number of fused-ring (bicyclic) bond motifs is 1. The Kier molecular flexibility index (Phi) is 5.58. The molecule has 2 aromatic carbocycles. The number of hydrogen-bond acceptors (Lipinski definition) is 4. The highest BCUT2D eigenvalue weighted by Crippen LogP contribution is 2.27. The highest BCUT2D eigenvalue weighted by molar-refractivity contribution is 7.89. The molecule has 30 heavy (non-hydrogen) atoms. The largest absolute Gasteiger partial charge is 0.326 e. The number of aryl methyl sites for hydroxylation is 2. The maximum Gasteiger partial charge on any atom is 0.243 e. The van der Waals surface area contributed by atoms with E-state index in [0.717, 1.165) is 27.6 Å². The number of amides is 1. The number of benzene rings is 2. The molecule has 1 fully saturated rings. The van der Waals surface area contributed by atoms with Gasteiger partial charge in [-0.05, 0) is 61.9 Å². The number of carbonyl (C=O) groups excluding carboxylic acids is 1. The highest BCUT2D eigenvalue weighted by Gasteiger charge is 2.32. The Balaban J connectivity index is 1.41. The predicted octanol–water partition coefficient (Wildman–Crippen LogP) is 3.89. The Morgan fingerprint density at radius 1 is 1.03 bits per heavy atom. The summed E-state index contributed by atoms with van der Waals surface area (Å²) in [5.41, 5.74) is 2.53.